The molecule has 0 spiro atoms. The van der Waals surface area contributed by atoms with Gasteiger partial charge in [0.2, 0.25) is 0 Å². The third-order valence-corrected chi connectivity index (χ3v) is 7.83. The van der Waals surface area contributed by atoms with Gasteiger partial charge in [0.05, 0.1) is 24.5 Å². The fourth-order valence-electron chi connectivity index (χ4n) is 5.99. The van der Waals surface area contributed by atoms with Crippen LogP contribution in [0.2, 0.25) is 0 Å². The van der Waals surface area contributed by atoms with Crippen LogP contribution in [-0.2, 0) is 4.74 Å². The number of anilines is 1. The molecule has 9 heteroatoms. The molecule has 0 aromatic carbocycles. The largest absolute Gasteiger partial charge is 0.493 e. The van der Waals surface area contributed by atoms with Crippen LogP contribution in [0.5, 0.6) is 5.75 Å². The van der Waals surface area contributed by atoms with Crippen LogP contribution in [0.3, 0.4) is 0 Å². The lowest BCUT2D eigenvalue weighted by molar-refractivity contribution is 0.177. The molecule has 4 aromatic rings. The topological polar surface area (TPSA) is 80.6 Å². The third kappa shape index (κ3) is 3.99. The molecule has 1 atom stereocenters. The fraction of sp³-hybridized carbons (Fsp3) is 0.519. The van der Waals surface area contributed by atoms with Gasteiger partial charge in [-0.15, -0.1) is 0 Å². The molecule has 0 bridgehead atoms. The number of nitrogens with one attached hydrogen (secondary N) is 1. The molecule has 2 aliphatic heterocycles. The number of hydrogen-bond donors (Lipinski definition) is 1. The van der Waals surface area contributed by atoms with Gasteiger partial charge < -0.3 is 19.4 Å². The Kier molecular flexibility index (Phi) is 6.03. The number of fused-ring (bicyclic) bond motifs is 2. The number of halogens is 1. The summed E-state index contributed by atoms with van der Waals surface area (Å²) in [5, 5.41) is 4.90. The number of pyridine rings is 2. The van der Waals surface area contributed by atoms with Crippen LogP contribution in [0.15, 0.2) is 24.8 Å². The van der Waals surface area contributed by atoms with Gasteiger partial charge in [0, 0.05) is 43.4 Å². The fourth-order valence-corrected chi connectivity index (χ4v) is 5.99. The lowest BCUT2D eigenvalue weighted by Crippen LogP contribution is -2.35. The Hall–Kier alpha value is -3.20. The van der Waals surface area contributed by atoms with E-state index < -0.39 is 0 Å². The molecule has 0 saturated carbocycles. The summed E-state index contributed by atoms with van der Waals surface area (Å²) in [6.45, 7) is 7.65. The number of H-pyrrole nitrogens is 1. The van der Waals surface area contributed by atoms with Crippen molar-refractivity contribution in [3.05, 3.63) is 36.2 Å². The second-order valence-electron chi connectivity index (χ2n) is 10.5. The van der Waals surface area contributed by atoms with Crippen LogP contribution in [0.1, 0.15) is 51.0 Å². The van der Waals surface area contributed by atoms with Gasteiger partial charge in [-0.1, -0.05) is 13.8 Å². The van der Waals surface area contributed by atoms with Crippen LogP contribution < -0.4 is 9.64 Å². The highest BCUT2D eigenvalue weighted by Crippen LogP contribution is 2.40. The maximum absolute atomic E-state index is 16.2. The highest BCUT2D eigenvalue weighted by Gasteiger charge is 2.29. The average Bonchev–Trinajstić information content (AvgIpc) is 3.64. The molecule has 6 heterocycles. The van der Waals surface area contributed by atoms with E-state index >= 15 is 4.39 Å². The van der Waals surface area contributed by atoms with Crippen molar-refractivity contribution in [2.24, 2.45) is 11.8 Å². The van der Waals surface area contributed by atoms with Gasteiger partial charge in [-0.3, -0.25) is 0 Å². The molecule has 2 fully saturated rings. The number of rotatable bonds is 6. The van der Waals surface area contributed by atoms with Crippen molar-refractivity contribution >= 4 is 22.4 Å². The number of aromatic nitrogens is 5. The van der Waals surface area contributed by atoms with E-state index in [0.717, 1.165) is 56.0 Å². The van der Waals surface area contributed by atoms with Gasteiger partial charge in [0.1, 0.15) is 6.33 Å². The normalized spacial score (nSPS) is 19.2. The van der Waals surface area contributed by atoms with E-state index in [1.54, 1.807) is 17.8 Å². The van der Waals surface area contributed by atoms with Crippen molar-refractivity contribution < 1.29 is 13.9 Å². The molecule has 8 nitrogen and oxygen atoms in total. The third-order valence-electron chi connectivity index (χ3n) is 7.83. The van der Waals surface area contributed by atoms with Gasteiger partial charge in [-0.05, 0) is 55.1 Å². The van der Waals surface area contributed by atoms with E-state index in [2.05, 4.69) is 38.8 Å². The molecule has 0 radical (unpaired) electrons. The van der Waals surface area contributed by atoms with E-state index in [0.29, 0.717) is 40.0 Å². The highest BCUT2D eigenvalue weighted by molar-refractivity contribution is 5.93. The smallest absolute Gasteiger partial charge is 0.197 e. The van der Waals surface area contributed by atoms with Crippen molar-refractivity contribution in [3.8, 4) is 17.0 Å². The van der Waals surface area contributed by atoms with Crippen LogP contribution in [0.25, 0.3) is 27.8 Å². The van der Waals surface area contributed by atoms with Gasteiger partial charge in [0.15, 0.2) is 23.0 Å². The minimum Gasteiger partial charge on any atom is -0.493 e. The summed E-state index contributed by atoms with van der Waals surface area (Å²) >= 11 is 0. The van der Waals surface area contributed by atoms with Crippen molar-refractivity contribution in [3.63, 3.8) is 0 Å². The summed E-state index contributed by atoms with van der Waals surface area (Å²) in [5.74, 6) is 2.30. The zero-order chi connectivity index (χ0) is 24.8. The molecule has 2 aliphatic rings. The van der Waals surface area contributed by atoms with Gasteiger partial charge >= 0.3 is 0 Å². The summed E-state index contributed by atoms with van der Waals surface area (Å²) in [7, 11) is 1.61. The first-order valence-electron chi connectivity index (χ1n) is 12.9. The first kappa shape index (κ1) is 23.2. The molecule has 0 amide bonds. The predicted octanol–water partition coefficient (Wildman–Crippen LogP) is 5.19. The van der Waals surface area contributed by atoms with Crippen molar-refractivity contribution in [2.45, 2.75) is 45.4 Å². The molecule has 1 unspecified atom stereocenters. The first-order chi connectivity index (χ1) is 17.5. The molecular formula is C27H33FN6O2. The maximum atomic E-state index is 16.2. The molecule has 4 aromatic heterocycles. The molecule has 6 rings (SSSR count). The summed E-state index contributed by atoms with van der Waals surface area (Å²) < 4.78 is 29.0. The quantitative estimate of drug-likeness (QED) is 0.399. The molecule has 36 heavy (non-hydrogen) atoms. The standard InChI is InChI=1S/C27H33FN6O2/c1-16(2)22-23-20(32-25(22)19-11-21(35-3)26-30-15-31-34(26)13-19)12-29-27(24(23)28)33-7-4-17(5-8-33)10-18-6-9-36-14-18/h11-13,15-18,32H,4-10,14H2,1-3H3. The molecule has 2 saturated heterocycles. The Morgan fingerprint density at radius 1 is 1.19 bits per heavy atom. The zero-order valence-electron chi connectivity index (χ0n) is 21.1. The van der Waals surface area contributed by atoms with E-state index in [4.69, 9.17) is 9.47 Å². The molecule has 0 aliphatic carbocycles. The van der Waals surface area contributed by atoms with Crippen LogP contribution in [0.4, 0.5) is 10.2 Å². The number of methoxy groups -OCH3 is 1. The van der Waals surface area contributed by atoms with E-state index in [1.165, 1.54) is 19.2 Å². The molecule has 1 N–H and O–H groups in total. The van der Waals surface area contributed by atoms with Gasteiger partial charge in [-0.25, -0.2) is 18.9 Å². The van der Waals surface area contributed by atoms with E-state index in [9.17, 15) is 0 Å². The Bertz CT molecular complexity index is 1380. The number of piperidine rings is 1. The lowest BCUT2D eigenvalue weighted by Gasteiger charge is -2.34. The van der Waals surface area contributed by atoms with Crippen molar-refractivity contribution in [1.29, 1.82) is 0 Å². The second-order valence-corrected chi connectivity index (χ2v) is 10.5. The Balaban J connectivity index is 1.34. The Labute approximate surface area is 209 Å². The van der Waals surface area contributed by atoms with Crippen molar-refractivity contribution in [1.82, 2.24) is 24.6 Å². The van der Waals surface area contributed by atoms with E-state index in [1.807, 2.05) is 12.3 Å². The van der Waals surface area contributed by atoms with Gasteiger partial charge in [-0.2, -0.15) is 5.10 Å². The summed E-state index contributed by atoms with van der Waals surface area (Å²) in [6, 6.07) is 1.92. The molecular weight excluding hydrogens is 459 g/mol. The number of ether oxygens (including phenoxy) is 2. The monoisotopic (exact) mass is 492 g/mol. The van der Waals surface area contributed by atoms with E-state index in [-0.39, 0.29) is 11.7 Å². The minimum absolute atomic E-state index is 0.0929. The highest BCUT2D eigenvalue weighted by atomic mass is 19.1. The summed E-state index contributed by atoms with van der Waals surface area (Å²) in [5.41, 5.74) is 3.99. The average molecular weight is 493 g/mol. The zero-order valence-corrected chi connectivity index (χ0v) is 21.1. The SMILES string of the molecule is COc1cc(-c2[nH]c3cnc(N4CCC(CC5CCOC5)CC4)c(F)c3c2C(C)C)cn2ncnc12. The van der Waals surface area contributed by atoms with Gasteiger partial charge in [0.25, 0.3) is 0 Å². The Morgan fingerprint density at radius 3 is 2.75 bits per heavy atom. The Morgan fingerprint density at radius 2 is 2.03 bits per heavy atom. The lowest BCUT2D eigenvalue weighted by atomic mass is 9.87. The first-order valence-corrected chi connectivity index (χ1v) is 12.9. The second kappa shape index (κ2) is 9.35. The maximum Gasteiger partial charge on any atom is 0.197 e. The summed E-state index contributed by atoms with van der Waals surface area (Å²) in [4.78, 5) is 14.4. The molecule has 190 valence electrons. The number of nitrogens with zero attached hydrogens (tertiary/aromatic N) is 5. The number of hydrogen-bond acceptors (Lipinski definition) is 6. The summed E-state index contributed by atoms with van der Waals surface area (Å²) in [6.07, 6.45) is 9.71. The van der Waals surface area contributed by atoms with Crippen LogP contribution in [-0.4, -0.2) is 58.0 Å². The number of aromatic amines is 1. The van der Waals surface area contributed by atoms with Crippen LogP contribution in [0, 0.1) is 17.7 Å². The minimum atomic E-state index is -0.241. The van der Waals surface area contributed by atoms with Crippen LogP contribution >= 0.6 is 0 Å². The predicted molar refractivity (Wildman–Crippen MR) is 137 cm³/mol. The van der Waals surface area contributed by atoms with Crippen molar-refractivity contribution in [2.75, 3.05) is 38.3 Å².